The van der Waals surface area contributed by atoms with Crippen LogP contribution >= 0.6 is 0 Å². The molecule has 1 saturated carbocycles. The van der Waals surface area contributed by atoms with Gasteiger partial charge >= 0.3 is 0 Å². The second-order valence-electron chi connectivity index (χ2n) is 7.83. The third-order valence-corrected chi connectivity index (χ3v) is 5.89. The number of aromatic nitrogens is 4. The monoisotopic (exact) mass is 382 g/mol. The highest BCUT2D eigenvalue weighted by Gasteiger charge is 2.19. The number of nitrogens with zero attached hydrogens (tertiary/aromatic N) is 5. The number of nitrogen functional groups attached to an aromatic ring is 1. The number of methoxy groups -OCH3 is 1. The van der Waals surface area contributed by atoms with Crippen LogP contribution in [-0.2, 0) is 0 Å². The first-order chi connectivity index (χ1) is 13.8. The molecule has 28 heavy (non-hydrogen) atoms. The number of fused-ring (bicyclic) bond motifs is 3. The summed E-state index contributed by atoms with van der Waals surface area (Å²) in [4.78, 5) is 11.1. The minimum atomic E-state index is 0.296. The van der Waals surface area contributed by atoms with Gasteiger partial charge in [0.05, 0.1) is 7.11 Å². The van der Waals surface area contributed by atoms with Crippen molar-refractivity contribution in [1.29, 1.82) is 0 Å². The number of hydrogen-bond acceptors (Lipinski definition) is 6. The number of nitrogens with two attached hydrogens (primary N) is 1. The molecule has 2 aromatic heterocycles. The van der Waals surface area contributed by atoms with Gasteiger partial charge in [0.2, 0.25) is 5.95 Å². The summed E-state index contributed by atoms with van der Waals surface area (Å²) in [6.45, 7) is 4.19. The summed E-state index contributed by atoms with van der Waals surface area (Å²) in [5.41, 5.74) is 7.16. The average Bonchev–Trinajstić information content (AvgIpc) is 3.41. The van der Waals surface area contributed by atoms with Gasteiger partial charge in [-0.1, -0.05) is 25.3 Å². The lowest BCUT2D eigenvalue weighted by molar-refractivity contribution is 0.196. The van der Waals surface area contributed by atoms with Gasteiger partial charge in [0.1, 0.15) is 17.6 Å². The Bertz CT molecular complexity index is 912. The Morgan fingerprint density at radius 1 is 1.11 bits per heavy atom. The molecule has 3 aromatic rings. The SMILES string of the molecule is C1CCN(CC2CCCC2)CC1.COc1cccc2c1nc(N)n1ncnc21. The molecule has 0 bridgehead atoms. The predicted molar refractivity (Wildman–Crippen MR) is 112 cm³/mol. The van der Waals surface area contributed by atoms with Crippen LogP contribution in [0, 0.1) is 5.92 Å². The highest BCUT2D eigenvalue weighted by molar-refractivity contribution is 5.95. The van der Waals surface area contributed by atoms with Crippen molar-refractivity contribution in [1.82, 2.24) is 24.5 Å². The molecule has 3 heterocycles. The first-order valence-electron chi connectivity index (χ1n) is 10.4. The molecule has 0 unspecified atom stereocenters. The van der Waals surface area contributed by atoms with E-state index < -0.39 is 0 Å². The molecule has 7 nitrogen and oxygen atoms in total. The molecule has 2 fully saturated rings. The van der Waals surface area contributed by atoms with Gasteiger partial charge in [-0.2, -0.15) is 9.61 Å². The van der Waals surface area contributed by atoms with Crippen LogP contribution in [-0.4, -0.2) is 51.2 Å². The molecule has 0 radical (unpaired) electrons. The van der Waals surface area contributed by atoms with Gasteiger partial charge in [-0.15, -0.1) is 0 Å². The summed E-state index contributed by atoms with van der Waals surface area (Å²) in [5.74, 6) is 2.03. The summed E-state index contributed by atoms with van der Waals surface area (Å²) in [7, 11) is 1.60. The third-order valence-electron chi connectivity index (χ3n) is 5.89. The van der Waals surface area contributed by atoms with Gasteiger partial charge in [0.25, 0.3) is 0 Å². The number of anilines is 1. The standard InChI is InChI=1S/C11H21N.C10H9N5O/c1-4-8-12(9-5-1)10-11-6-2-3-7-11;1-16-7-4-2-3-6-8(7)14-10(11)15-9(6)12-5-13-15/h11H,1-10H2;2-5H,1H3,(H2,11,14). The zero-order chi connectivity index (χ0) is 19.3. The zero-order valence-electron chi connectivity index (χ0n) is 16.7. The molecule has 5 rings (SSSR count). The first kappa shape index (κ1) is 18.9. The van der Waals surface area contributed by atoms with Crippen LogP contribution in [0.2, 0.25) is 0 Å². The Morgan fingerprint density at radius 2 is 1.89 bits per heavy atom. The minimum Gasteiger partial charge on any atom is -0.494 e. The van der Waals surface area contributed by atoms with Gasteiger partial charge in [0, 0.05) is 11.9 Å². The van der Waals surface area contributed by atoms with Crippen LogP contribution in [0.4, 0.5) is 5.95 Å². The van der Waals surface area contributed by atoms with Crippen LogP contribution < -0.4 is 10.5 Å². The van der Waals surface area contributed by atoms with E-state index in [1.807, 2.05) is 18.2 Å². The van der Waals surface area contributed by atoms with Crippen molar-refractivity contribution in [2.75, 3.05) is 32.5 Å². The van der Waals surface area contributed by atoms with E-state index in [4.69, 9.17) is 10.5 Å². The molecule has 2 N–H and O–H groups in total. The van der Waals surface area contributed by atoms with Crippen molar-refractivity contribution in [2.45, 2.75) is 44.9 Å². The molecule has 1 aliphatic heterocycles. The quantitative estimate of drug-likeness (QED) is 0.746. The Morgan fingerprint density at radius 3 is 2.64 bits per heavy atom. The van der Waals surface area contributed by atoms with Gasteiger partial charge in [-0.3, -0.25) is 0 Å². The Hall–Kier alpha value is -2.41. The summed E-state index contributed by atoms with van der Waals surface area (Å²) >= 11 is 0. The highest BCUT2D eigenvalue weighted by Crippen LogP contribution is 2.27. The van der Waals surface area contributed by atoms with Crippen molar-refractivity contribution in [3.63, 3.8) is 0 Å². The number of rotatable bonds is 3. The summed E-state index contributed by atoms with van der Waals surface area (Å²) in [5, 5.41) is 4.87. The molecule has 1 aromatic carbocycles. The van der Waals surface area contributed by atoms with Crippen LogP contribution in [0.5, 0.6) is 5.75 Å². The van der Waals surface area contributed by atoms with Crippen molar-refractivity contribution >= 4 is 22.5 Å². The number of para-hydroxylation sites is 1. The highest BCUT2D eigenvalue weighted by atomic mass is 16.5. The van der Waals surface area contributed by atoms with Crippen LogP contribution in [0.1, 0.15) is 44.9 Å². The Kier molecular flexibility index (Phi) is 5.90. The van der Waals surface area contributed by atoms with Crippen molar-refractivity contribution in [3.05, 3.63) is 24.5 Å². The molecule has 0 atom stereocenters. The van der Waals surface area contributed by atoms with Gasteiger partial charge in [-0.05, 0) is 56.8 Å². The fourth-order valence-electron chi connectivity index (χ4n) is 4.44. The van der Waals surface area contributed by atoms with Crippen molar-refractivity contribution < 1.29 is 4.74 Å². The lowest BCUT2D eigenvalue weighted by Gasteiger charge is -2.28. The molecule has 0 amide bonds. The lowest BCUT2D eigenvalue weighted by atomic mass is 10.1. The number of benzene rings is 1. The van der Waals surface area contributed by atoms with Gasteiger partial charge in [-0.25, -0.2) is 9.97 Å². The van der Waals surface area contributed by atoms with E-state index in [1.54, 1.807) is 7.11 Å². The van der Waals surface area contributed by atoms with Crippen LogP contribution in [0.25, 0.3) is 16.6 Å². The first-order valence-corrected chi connectivity index (χ1v) is 10.4. The number of likely N-dealkylation sites (tertiary alicyclic amines) is 1. The fourth-order valence-corrected chi connectivity index (χ4v) is 4.44. The molecule has 7 heteroatoms. The topological polar surface area (TPSA) is 81.6 Å². The largest absolute Gasteiger partial charge is 0.494 e. The average molecular weight is 383 g/mol. The van der Waals surface area contributed by atoms with E-state index in [-0.39, 0.29) is 0 Å². The number of ether oxygens (including phenoxy) is 1. The summed E-state index contributed by atoms with van der Waals surface area (Å²) in [6.07, 6.45) is 11.8. The predicted octanol–water partition coefficient (Wildman–Crippen LogP) is 3.53. The maximum absolute atomic E-state index is 5.78. The van der Waals surface area contributed by atoms with E-state index in [1.165, 1.54) is 75.4 Å². The third kappa shape index (κ3) is 4.04. The van der Waals surface area contributed by atoms with Crippen molar-refractivity contribution in [2.24, 2.45) is 5.92 Å². The molecule has 0 spiro atoms. The molecule has 2 aliphatic rings. The molecular weight excluding hydrogens is 352 g/mol. The second-order valence-corrected chi connectivity index (χ2v) is 7.83. The Labute approximate surface area is 165 Å². The van der Waals surface area contributed by atoms with Gasteiger partial charge in [0.15, 0.2) is 5.65 Å². The molecular formula is C21H30N6O. The number of piperidine rings is 1. The molecule has 150 valence electrons. The fraction of sp³-hybridized carbons (Fsp3) is 0.571. The van der Waals surface area contributed by atoms with E-state index in [9.17, 15) is 0 Å². The van der Waals surface area contributed by atoms with Gasteiger partial charge < -0.3 is 15.4 Å². The van der Waals surface area contributed by atoms with E-state index in [0.717, 1.165) is 11.3 Å². The summed E-state index contributed by atoms with van der Waals surface area (Å²) < 4.78 is 6.73. The summed E-state index contributed by atoms with van der Waals surface area (Å²) in [6, 6.07) is 5.63. The second kappa shape index (κ2) is 8.73. The number of hydrogen-bond donors (Lipinski definition) is 1. The zero-order valence-corrected chi connectivity index (χ0v) is 16.7. The maximum atomic E-state index is 5.78. The maximum Gasteiger partial charge on any atom is 0.223 e. The van der Waals surface area contributed by atoms with Crippen LogP contribution in [0.15, 0.2) is 24.5 Å². The minimum absolute atomic E-state index is 0.296. The van der Waals surface area contributed by atoms with E-state index in [2.05, 4.69) is 20.0 Å². The van der Waals surface area contributed by atoms with Crippen LogP contribution in [0.3, 0.4) is 0 Å². The smallest absolute Gasteiger partial charge is 0.223 e. The molecule has 1 aliphatic carbocycles. The Balaban J connectivity index is 0.000000143. The lowest BCUT2D eigenvalue weighted by Crippen LogP contribution is -2.33. The van der Waals surface area contributed by atoms with Crippen molar-refractivity contribution in [3.8, 4) is 5.75 Å². The van der Waals surface area contributed by atoms with E-state index >= 15 is 0 Å². The normalized spacial score (nSPS) is 18.3. The molecule has 1 saturated heterocycles. The van der Waals surface area contributed by atoms with E-state index in [0.29, 0.717) is 22.9 Å².